The standard InChI is InChI=1S/C6H7BrN2O2S/c1-4-5(12(2,10)11)6(7)9-3-8-4/h3H,1-2H3. The first-order valence-corrected chi connectivity index (χ1v) is 5.78. The number of hydrogen-bond acceptors (Lipinski definition) is 4. The van der Waals surface area contributed by atoms with Gasteiger partial charge in [0, 0.05) is 6.26 Å². The Bertz CT molecular complexity index is 382. The quantitative estimate of drug-likeness (QED) is 0.697. The molecule has 12 heavy (non-hydrogen) atoms. The summed E-state index contributed by atoms with van der Waals surface area (Å²) in [6, 6.07) is 0. The Morgan fingerprint density at radius 1 is 1.42 bits per heavy atom. The van der Waals surface area contributed by atoms with Crippen molar-refractivity contribution in [2.75, 3.05) is 6.26 Å². The molecule has 0 fully saturated rings. The molecule has 4 nitrogen and oxygen atoms in total. The highest BCUT2D eigenvalue weighted by atomic mass is 79.9. The van der Waals surface area contributed by atoms with Crippen LogP contribution >= 0.6 is 15.9 Å². The molecule has 0 saturated heterocycles. The van der Waals surface area contributed by atoms with Crippen LogP contribution in [0.2, 0.25) is 0 Å². The van der Waals surface area contributed by atoms with E-state index < -0.39 is 9.84 Å². The zero-order valence-corrected chi connectivity index (χ0v) is 8.98. The minimum atomic E-state index is -3.24. The molecule has 1 aromatic rings. The fourth-order valence-electron chi connectivity index (χ4n) is 0.854. The monoisotopic (exact) mass is 250 g/mol. The van der Waals surface area contributed by atoms with Crippen LogP contribution in [-0.2, 0) is 9.84 Å². The Hall–Kier alpha value is -0.490. The van der Waals surface area contributed by atoms with Crippen molar-refractivity contribution in [2.45, 2.75) is 11.8 Å². The minimum absolute atomic E-state index is 0.157. The molecule has 0 unspecified atom stereocenters. The van der Waals surface area contributed by atoms with E-state index in [1.807, 2.05) is 0 Å². The van der Waals surface area contributed by atoms with Crippen molar-refractivity contribution in [1.29, 1.82) is 0 Å². The largest absolute Gasteiger partial charge is 0.240 e. The molecular formula is C6H7BrN2O2S. The minimum Gasteiger partial charge on any atom is -0.240 e. The number of rotatable bonds is 1. The summed E-state index contributed by atoms with van der Waals surface area (Å²) in [4.78, 5) is 7.68. The first-order chi connectivity index (χ1) is 5.43. The van der Waals surface area contributed by atoms with E-state index in [4.69, 9.17) is 0 Å². The molecule has 0 bridgehead atoms. The van der Waals surface area contributed by atoms with Crippen LogP contribution in [0.1, 0.15) is 5.69 Å². The van der Waals surface area contributed by atoms with Crippen molar-refractivity contribution in [3.63, 3.8) is 0 Å². The Labute approximate surface area is 79.1 Å². The summed E-state index contributed by atoms with van der Waals surface area (Å²) in [5.74, 6) is 0. The molecule has 0 N–H and O–H groups in total. The molecule has 66 valence electrons. The van der Waals surface area contributed by atoms with Crippen LogP contribution in [0.4, 0.5) is 0 Å². The van der Waals surface area contributed by atoms with Crippen molar-refractivity contribution < 1.29 is 8.42 Å². The SMILES string of the molecule is Cc1ncnc(Br)c1S(C)(=O)=O. The highest BCUT2D eigenvalue weighted by Crippen LogP contribution is 2.20. The molecule has 0 amide bonds. The lowest BCUT2D eigenvalue weighted by molar-refractivity contribution is 0.599. The summed E-state index contributed by atoms with van der Waals surface area (Å²) in [6.07, 6.45) is 2.44. The maximum absolute atomic E-state index is 11.2. The fourth-order valence-corrected chi connectivity index (χ4v) is 3.06. The van der Waals surface area contributed by atoms with Crippen molar-refractivity contribution in [2.24, 2.45) is 0 Å². The van der Waals surface area contributed by atoms with Crippen LogP contribution in [0.25, 0.3) is 0 Å². The van der Waals surface area contributed by atoms with Gasteiger partial charge in [0.25, 0.3) is 0 Å². The maximum atomic E-state index is 11.2. The Kier molecular flexibility index (Phi) is 2.48. The summed E-state index contributed by atoms with van der Waals surface area (Å²) in [7, 11) is -3.24. The normalized spacial score (nSPS) is 11.6. The molecule has 0 saturated carbocycles. The number of aromatic nitrogens is 2. The van der Waals surface area contributed by atoms with Crippen molar-refractivity contribution in [1.82, 2.24) is 9.97 Å². The molecule has 0 atom stereocenters. The van der Waals surface area contributed by atoms with Crippen molar-refractivity contribution in [3.8, 4) is 0 Å². The molecule has 0 aromatic carbocycles. The topological polar surface area (TPSA) is 59.9 Å². The predicted molar refractivity (Wildman–Crippen MR) is 47.6 cm³/mol. The molecule has 1 heterocycles. The third-order valence-corrected chi connectivity index (χ3v) is 3.40. The van der Waals surface area contributed by atoms with Crippen LogP contribution in [0.15, 0.2) is 15.8 Å². The summed E-state index contributed by atoms with van der Waals surface area (Å²) in [6.45, 7) is 1.63. The van der Waals surface area contributed by atoms with Gasteiger partial charge in [-0.05, 0) is 22.9 Å². The third kappa shape index (κ3) is 1.81. The molecule has 0 aliphatic heterocycles. The summed E-state index contributed by atoms with van der Waals surface area (Å²) in [5, 5.41) is 0. The van der Waals surface area contributed by atoms with Gasteiger partial charge in [0.2, 0.25) is 0 Å². The molecule has 0 radical (unpaired) electrons. The van der Waals surface area contributed by atoms with Crippen molar-refractivity contribution >= 4 is 25.8 Å². The van der Waals surface area contributed by atoms with Gasteiger partial charge < -0.3 is 0 Å². The van der Waals surface area contributed by atoms with E-state index in [9.17, 15) is 8.42 Å². The summed E-state index contributed by atoms with van der Waals surface area (Å²) >= 11 is 3.05. The smallest absolute Gasteiger partial charge is 0.179 e. The molecule has 0 aliphatic rings. The van der Waals surface area contributed by atoms with Crippen LogP contribution < -0.4 is 0 Å². The van der Waals surface area contributed by atoms with Gasteiger partial charge in [0.1, 0.15) is 15.8 Å². The summed E-state index contributed by atoms with van der Waals surface area (Å²) in [5.41, 5.74) is 0.458. The lowest BCUT2D eigenvalue weighted by Gasteiger charge is -2.02. The van der Waals surface area contributed by atoms with E-state index in [0.717, 1.165) is 6.26 Å². The van der Waals surface area contributed by atoms with Crippen molar-refractivity contribution in [3.05, 3.63) is 16.6 Å². The van der Waals surface area contributed by atoms with E-state index in [0.29, 0.717) is 10.3 Å². The number of sulfone groups is 1. The third-order valence-electron chi connectivity index (χ3n) is 1.31. The van der Waals surface area contributed by atoms with Crippen LogP contribution in [0, 0.1) is 6.92 Å². The molecule has 0 aliphatic carbocycles. The Morgan fingerprint density at radius 3 is 2.33 bits per heavy atom. The molecule has 1 rings (SSSR count). The van der Waals surface area contributed by atoms with E-state index >= 15 is 0 Å². The van der Waals surface area contributed by atoms with E-state index in [1.165, 1.54) is 6.33 Å². The van der Waals surface area contributed by atoms with E-state index in [1.54, 1.807) is 6.92 Å². The average Bonchev–Trinajstić information content (AvgIpc) is 1.82. The second-order valence-electron chi connectivity index (χ2n) is 2.35. The predicted octanol–water partition coefficient (Wildman–Crippen LogP) is 0.951. The Morgan fingerprint density at radius 2 is 2.00 bits per heavy atom. The average molecular weight is 251 g/mol. The van der Waals surface area contributed by atoms with E-state index in [2.05, 4.69) is 25.9 Å². The highest BCUT2D eigenvalue weighted by Gasteiger charge is 2.16. The van der Waals surface area contributed by atoms with Gasteiger partial charge in [-0.1, -0.05) is 0 Å². The van der Waals surface area contributed by atoms with Gasteiger partial charge in [-0.3, -0.25) is 0 Å². The zero-order chi connectivity index (χ0) is 9.35. The molecule has 6 heteroatoms. The second-order valence-corrected chi connectivity index (χ2v) is 5.05. The van der Waals surface area contributed by atoms with E-state index in [-0.39, 0.29) is 4.90 Å². The maximum Gasteiger partial charge on any atom is 0.179 e. The van der Waals surface area contributed by atoms with Gasteiger partial charge in [-0.2, -0.15) is 0 Å². The lowest BCUT2D eigenvalue weighted by Crippen LogP contribution is -2.04. The number of aryl methyl sites for hydroxylation is 1. The number of halogens is 1. The zero-order valence-electron chi connectivity index (χ0n) is 6.57. The van der Waals surface area contributed by atoms with Crippen LogP contribution in [0.3, 0.4) is 0 Å². The molecule has 1 aromatic heterocycles. The highest BCUT2D eigenvalue weighted by molar-refractivity contribution is 9.10. The molecular weight excluding hydrogens is 244 g/mol. The van der Waals surface area contributed by atoms with Gasteiger partial charge in [0.15, 0.2) is 9.84 Å². The van der Waals surface area contributed by atoms with Crippen LogP contribution in [0.5, 0.6) is 0 Å². The van der Waals surface area contributed by atoms with Gasteiger partial charge >= 0.3 is 0 Å². The second kappa shape index (κ2) is 3.10. The summed E-state index contributed by atoms with van der Waals surface area (Å²) < 4.78 is 22.6. The lowest BCUT2D eigenvalue weighted by atomic mass is 10.5. The van der Waals surface area contributed by atoms with Gasteiger partial charge in [0.05, 0.1) is 5.69 Å². The first-order valence-electron chi connectivity index (χ1n) is 3.10. The van der Waals surface area contributed by atoms with Gasteiger partial charge in [-0.25, -0.2) is 18.4 Å². The Balaban J connectivity index is 3.53. The fraction of sp³-hybridized carbons (Fsp3) is 0.333. The first kappa shape index (κ1) is 9.60. The van der Waals surface area contributed by atoms with Gasteiger partial charge in [-0.15, -0.1) is 0 Å². The van der Waals surface area contributed by atoms with Crippen LogP contribution in [-0.4, -0.2) is 24.6 Å². The number of hydrogen-bond donors (Lipinski definition) is 0. The number of nitrogens with zero attached hydrogens (tertiary/aromatic N) is 2. The molecule has 0 spiro atoms.